The van der Waals surface area contributed by atoms with Gasteiger partial charge in [-0.2, -0.15) is 5.10 Å². The van der Waals surface area contributed by atoms with E-state index >= 15 is 0 Å². The van der Waals surface area contributed by atoms with E-state index in [-0.39, 0.29) is 16.9 Å². The quantitative estimate of drug-likeness (QED) is 0.242. The largest absolute Gasteiger partial charge is 0.493 e. The molecule has 0 unspecified atom stereocenters. The van der Waals surface area contributed by atoms with Gasteiger partial charge in [0.05, 0.1) is 33.1 Å². The van der Waals surface area contributed by atoms with Crippen LogP contribution in [0.15, 0.2) is 65.8 Å². The molecule has 0 fully saturated rings. The van der Waals surface area contributed by atoms with Crippen LogP contribution in [0.5, 0.6) is 23.0 Å². The Balaban J connectivity index is 1.69. The van der Waals surface area contributed by atoms with Gasteiger partial charge in [0.1, 0.15) is 11.6 Å². The summed E-state index contributed by atoms with van der Waals surface area (Å²) in [6, 6.07) is 14.6. The molecule has 0 spiro atoms. The smallest absolute Gasteiger partial charge is 0.343 e. The number of carbonyl (C=O) groups is 2. The van der Waals surface area contributed by atoms with Gasteiger partial charge in [0.15, 0.2) is 11.5 Å². The SMILES string of the molecule is COc1cc(C(=O)Oc2cccc(/C=N/NC(=O)c3ccc(F)cc3)c2)cc(OC)c1OC. The van der Waals surface area contributed by atoms with Crippen molar-refractivity contribution in [3.05, 3.63) is 83.2 Å². The van der Waals surface area contributed by atoms with Crippen LogP contribution in [-0.4, -0.2) is 39.4 Å². The van der Waals surface area contributed by atoms with Crippen LogP contribution >= 0.6 is 0 Å². The summed E-state index contributed by atoms with van der Waals surface area (Å²) in [5.74, 6) is -0.291. The molecule has 9 heteroatoms. The number of rotatable bonds is 8. The van der Waals surface area contributed by atoms with Crippen LogP contribution in [0.4, 0.5) is 4.39 Å². The van der Waals surface area contributed by atoms with Gasteiger partial charge in [0.25, 0.3) is 5.91 Å². The molecule has 170 valence electrons. The minimum Gasteiger partial charge on any atom is -0.493 e. The van der Waals surface area contributed by atoms with E-state index in [0.29, 0.717) is 22.8 Å². The van der Waals surface area contributed by atoms with E-state index in [2.05, 4.69) is 10.5 Å². The Morgan fingerprint density at radius 1 is 0.879 bits per heavy atom. The number of hydrazone groups is 1. The Kier molecular flexibility index (Phi) is 7.59. The summed E-state index contributed by atoms with van der Waals surface area (Å²) in [6.07, 6.45) is 1.39. The molecule has 3 rings (SSSR count). The zero-order valence-corrected chi connectivity index (χ0v) is 18.1. The molecular weight excluding hydrogens is 431 g/mol. The Bertz CT molecular complexity index is 1150. The molecule has 0 bridgehead atoms. The Morgan fingerprint density at radius 2 is 1.55 bits per heavy atom. The maximum Gasteiger partial charge on any atom is 0.343 e. The molecule has 1 amide bonds. The first kappa shape index (κ1) is 23.3. The molecule has 0 heterocycles. The van der Waals surface area contributed by atoms with Gasteiger partial charge in [-0.05, 0) is 54.1 Å². The van der Waals surface area contributed by atoms with E-state index < -0.39 is 17.7 Å². The van der Waals surface area contributed by atoms with Gasteiger partial charge in [0, 0.05) is 5.56 Å². The number of esters is 1. The number of methoxy groups -OCH3 is 3. The maximum atomic E-state index is 13.0. The van der Waals surface area contributed by atoms with Gasteiger partial charge in [-0.1, -0.05) is 12.1 Å². The van der Waals surface area contributed by atoms with Gasteiger partial charge < -0.3 is 18.9 Å². The minimum absolute atomic E-state index is 0.204. The number of hydrogen-bond acceptors (Lipinski definition) is 7. The van der Waals surface area contributed by atoms with E-state index in [1.54, 1.807) is 24.3 Å². The van der Waals surface area contributed by atoms with Gasteiger partial charge in [0.2, 0.25) is 5.75 Å². The predicted octanol–water partition coefficient (Wildman–Crippen LogP) is 3.83. The van der Waals surface area contributed by atoms with Crippen molar-refractivity contribution in [1.82, 2.24) is 5.43 Å². The zero-order valence-electron chi connectivity index (χ0n) is 18.1. The van der Waals surface area contributed by atoms with Crippen molar-refractivity contribution >= 4 is 18.1 Å². The summed E-state index contributed by atoms with van der Waals surface area (Å²) in [6.45, 7) is 0. The van der Waals surface area contributed by atoms with Crippen LogP contribution in [0.2, 0.25) is 0 Å². The number of nitrogens with zero attached hydrogens (tertiary/aromatic N) is 1. The predicted molar refractivity (Wildman–Crippen MR) is 119 cm³/mol. The molecular formula is C24H21FN2O6. The lowest BCUT2D eigenvalue weighted by Gasteiger charge is -2.13. The molecule has 0 saturated heterocycles. The van der Waals surface area contributed by atoms with Crippen LogP contribution in [0.1, 0.15) is 26.3 Å². The van der Waals surface area contributed by atoms with Crippen molar-refractivity contribution in [3.63, 3.8) is 0 Å². The van der Waals surface area contributed by atoms with Gasteiger partial charge in [-0.15, -0.1) is 0 Å². The van der Waals surface area contributed by atoms with Crippen LogP contribution < -0.4 is 24.4 Å². The molecule has 3 aromatic rings. The first-order valence-electron chi connectivity index (χ1n) is 9.66. The summed E-state index contributed by atoms with van der Waals surface area (Å²) < 4.78 is 34.2. The number of ether oxygens (including phenoxy) is 4. The summed E-state index contributed by atoms with van der Waals surface area (Å²) in [5.41, 5.74) is 3.39. The molecule has 0 aromatic heterocycles. The summed E-state index contributed by atoms with van der Waals surface area (Å²) >= 11 is 0. The summed E-state index contributed by atoms with van der Waals surface area (Å²) in [7, 11) is 4.36. The second-order valence-corrected chi connectivity index (χ2v) is 6.58. The van der Waals surface area contributed by atoms with Crippen molar-refractivity contribution < 1.29 is 32.9 Å². The number of amides is 1. The van der Waals surface area contributed by atoms with Gasteiger partial charge in [-0.3, -0.25) is 4.79 Å². The van der Waals surface area contributed by atoms with Crippen molar-refractivity contribution in [2.75, 3.05) is 21.3 Å². The molecule has 1 N–H and O–H groups in total. The monoisotopic (exact) mass is 452 g/mol. The average molecular weight is 452 g/mol. The molecule has 0 aliphatic rings. The molecule has 3 aromatic carbocycles. The number of hydrogen-bond donors (Lipinski definition) is 1. The minimum atomic E-state index is -0.632. The first-order valence-corrected chi connectivity index (χ1v) is 9.66. The third-order valence-corrected chi connectivity index (χ3v) is 4.46. The Hall–Kier alpha value is -4.40. The van der Waals surface area contributed by atoms with E-state index in [1.807, 2.05) is 0 Å². The number of nitrogens with one attached hydrogen (secondary N) is 1. The highest BCUT2D eigenvalue weighted by atomic mass is 19.1. The second kappa shape index (κ2) is 10.8. The van der Waals surface area contributed by atoms with Crippen molar-refractivity contribution in [1.29, 1.82) is 0 Å². The lowest BCUT2D eigenvalue weighted by Crippen LogP contribution is -2.17. The molecule has 0 atom stereocenters. The van der Waals surface area contributed by atoms with Crippen molar-refractivity contribution in [2.24, 2.45) is 5.10 Å². The zero-order chi connectivity index (χ0) is 23.8. The lowest BCUT2D eigenvalue weighted by molar-refractivity contribution is 0.0733. The van der Waals surface area contributed by atoms with E-state index in [1.165, 1.54) is 63.9 Å². The fraction of sp³-hybridized carbons (Fsp3) is 0.125. The van der Waals surface area contributed by atoms with Crippen LogP contribution in [0, 0.1) is 5.82 Å². The second-order valence-electron chi connectivity index (χ2n) is 6.58. The standard InChI is InChI=1S/C24H21FN2O6/c1-30-20-12-17(13-21(31-2)22(20)32-3)24(29)33-19-6-4-5-15(11-19)14-26-27-23(28)16-7-9-18(25)10-8-16/h4-14H,1-3H3,(H,27,28)/b26-14+. The average Bonchev–Trinajstić information content (AvgIpc) is 2.83. The molecule has 0 radical (unpaired) electrons. The maximum absolute atomic E-state index is 13.0. The van der Waals surface area contributed by atoms with E-state index in [0.717, 1.165) is 0 Å². The number of benzene rings is 3. The molecule has 8 nitrogen and oxygen atoms in total. The molecule has 0 aliphatic heterocycles. The fourth-order valence-corrected chi connectivity index (χ4v) is 2.85. The normalized spacial score (nSPS) is 10.5. The van der Waals surface area contributed by atoms with E-state index in [4.69, 9.17) is 18.9 Å². The van der Waals surface area contributed by atoms with Crippen LogP contribution in [0.3, 0.4) is 0 Å². The Labute approximate surface area is 189 Å². The lowest BCUT2D eigenvalue weighted by atomic mass is 10.1. The summed E-state index contributed by atoms with van der Waals surface area (Å²) in [4.78, 5) is 24.7. The van der Waals surface area contributed by atoms with Crippen LogP contribution in [-0.2, 0) is 0 Å². The van der Waals surface area contributed by atoms with Crippen molar-refractivity contribution in [2.45, 2.75) is 0 Å². The highest BCUT2D eigenvalue weighted by Crippen LogP contribution is 2.38. The van der Waals surface area contributed by atoms with Crippen molar-refractivity contribution in [3.8, 4) is 23.0 Å². The Morgan fingerprint density at radius 3 is 2.15 bits per heavy atom. The molecule has 0 saturated carbocycles. The van der Waals surface area contributed by atoms with Gasteiger partial charge >= 0.3 is 5.97 Å². The first-order chi connectivity index (χ1) is 15.9. The van der Waals surface area contributed by atoms with Crippen LogP contribution in [0.25, 0.3) is 0 Å². The molecule has 33 heavy (non-hydrogen) atoms. The molecule has 0 aliphatic carbocycles. The topological polar surface area (TPSA) is 95.5 Å². The third-order valence-electron chi connectivity index (χ3n) is 4.46. The summed E-state index contributed by atoms with van der Waals surface area (Å²) in [5, 5.41) is 3.88. The third kappa shape index (κ3) is 5.85. The number of carbonyl (C=O) groups excluding carboxylic acids is 2. The highest BCUT2D eigenvalue weighted by molar-refractivity contribution is 5.95. The number of halogens is 1. The van der Waals surface area contributed by atoms with Gasteiger partial charge in [-0.25, -0.2) is 14.6 Å². The highest BCUT2D eigenvalue weighted by Gasteiger charge is 2.18. The van der Waals surface area contributed by atoms with E-state index in [9.17, 15) is 14.0 Å². The fourth-order valence-electron chi connectivity index (χ4n) is 2.85.